The number of amides is 2. The maximum absolute atomic E-state index is 12.7. The van der Waals surface area contributed by atoms with Crippen molar-refractivity contribution in [1.29, 1.82) is 0 Å². The number of aliphatic hydroxyl groups excluding tert-OH is 5. The summed E-state index contributed by atoms with van der Waals surface area (Å²) < 4.78 is 198. The summed E-state index contributed by atoms with van der Waals surface area (Å²) in [6, 6.07) is -4.25. The van der Waals surface area contributed by atoms with E-state index in [9.17, 15) is 107 Å². The Labute approximate surface area is 563 Å². The van der Waals surface area contributed by atoms with E-state index in [1.54, 1.807) is 0 Å². The van der Waals surface area contributed by atoms with Crippen LogP contribution in [0.4, 0.5) is 0 Å². The molecule has 7 N–H and O–H groups in total. The number of carbonyl (C=O) groups excluding carboxylic acids is 4. The predicted molar refractivity (Wildman–Crippen MR) is 192 cm³/mol. The Balaban J connectivity index is -0.00000888. The Hall–Kier alpha value is 2.84. The fourth-order valence-corrected chi connectivity index (χ4v) is 8.74. The van der Waals surface area contributed by atoms with Crippen LogP contribution in [0, 0.1) is 0 Å². The first-order valence-corrected chi connectivity index (χ1v) is 24.3. The van der Waals surface area contributed by atoms with Crippen LogP contribution in [0.3, 0.4) is 0 Å². The van der Waals surface area contributed by atoms with E-state index in [-0.39, 0.29) is 177 Å². The van der Waals surface area contributed by atoms with Crippen molar-refractivity contribution in [3.8, 4) is 0 Å². The average molecular weight is 1240 g/mol. The van der Waals surface area contributed by atoms with E-state index in [2.05, 4.69) is 22.0 Å². The molecule has 4 aliphatic rings. The number of carbonyl (C=O) groups is 4. The van der Waals surface area contributed by atoms with E-state index in [0.717, 1.165) is 14.0 Å². The molecule has 0 aromatic rings. The van der Waals surface area contributed by atoms with Gasteiger partial charge in [-0.15, -0.1) is 0 Å². The predicted octanol–water partition coefficient (Wildman–Crippen LogP) is -31.3. The fourth-order valence-electron chi connectivity index (χ4n) is 7.19. The normalized spacial score (nSPS) is 35.8. The smallest absolute Gasteiger partial charge is 0.726 e. The van der Waals surface area contributed by atoms with Crippen molar-refractivity contribution in [2.45, 2.75) is 137 Å². The number of hydrogen-bond acceptors (Lipinski definition) is 35. The molecule has 4 aliphatic heterocycles. The third-order valence-corrected chi connectivity index (χ3v) is 11.7. The van der Waals surface area contributed by atoms with Gasteiger partial charge in [0.2, 0.25) is 53.4 Å². The van der Waals surface area contributed by atoms with Crippen molar-refractivity contribution in [3.63, 3.8) is 0 Å². The average Bonchev–Trinajstić information content (AvgIpc) is 3.20. The van der Waals surface area contributed by atoms with Gasteiger partial charge >= 0.3 is 177 Å². The quantitative estimate of drug-likeness (QED) is 0.0319. The summed E-state index contributed by atoms with van der Waals surface area (Å²) in [7, 11) is -22.6. The van der Waals surface area contributed by atoms with Crippen molar-refractivity contribution >= 4 is 65.3 Å². The van der Waals surface area contributed by atoms with Crippen LogP contribution in [-0.2, 0) is 115 Å². The third kappa shape index (κ3) is 24.3. The van der Waals surface area contributed by atoms with E-state index in [1.165, 1.54) is 0 Å². The van der Waals surface area contributed by atoms with Crippen LogP contribution in [0.2, 0.25) is 0 Å². The summed E-state index contributed by atoms with van der Waals surface area (Å²) >= 11 is 0. The molecule has 2 amide bonds. The standard InChI is InChI=1S/C29H46N2O35S4.6Na/c1-6(32)30-10-17(12(34)8(58-26(10)55-3)4-56-67(43,44)45)60-29-22(66-70(52,53)54)16(38)19(23(64-29)25(41)42)62-27-11(31-7(2)33)18(13(35)9(59-27)5-57-68(46,47)48)61-28-21(65-69(49,50)51)15(37)14(36)20(63-28)24(39)40;;;;;;/h8-23,26-29,34-38H,4-5H2,1-3H3,(H,30,32)(H,31,33)(H,39,40)(H,41,42)(H,43,44,45)(H,46,47,48)(H,49,50,51)(H,52,53,54);;;;;;/q;6*+1/p-6/t8-,9-,10-,11-,12+,13+,14+,15+,16+,17-,18-,19+,20+,21-,22-,23+,26-,27+,28-,29-;;;;;;/m1....../s1. The largest absolute Gasteiger partial charge is 1.00 e. The van der Waals surface area contributed by atoms with Gasteiger partial charge in [-0.05, 0) is 0 Å². The van der Waals surface area contributed by atoms with Gasteiger partial charge in [0.05, 0.1) is 25.2 Å². The van der Waals surface area contributed by atoms with Crippen LogP contribution in [0.5, 0.6) is 0 Å². The zero-order valence-electron chi connectivity index (χ0n) is 41.1. The summed E-state index contributed by atoms with van der Waals surface area (Å²) in [5.74, 6) is -7.08. The molecule has 0 aromatic carbocycles. The van der Waals surface area contributed by atoms with Crippen molar-refractivity contribution in [2.24, 2.45) is 0 Å². The SMILES string of the molecule is CO[C@@H]1O[C@H](COS(=O)(=O)[O-])[C@H](O)[C@H](O[C@@H]2O[C@H](C(=O)[O-])[C@@H](O[C@@H]3O[C@H](COS(=O)(=O)[O-])[C@H](O)[C@H](O[C@@H]4O[C@H](C(=O)[O-])[C@@H](O)[C@H](O)[C@H]4OS(=O)(=O)[O-])[C@H]3NC(C)=O)[C@H](O)[C@H]2OS(=O)(=O)[O-])[C@H]1NC(C)=O.[Na+].[Na+].[Na+].[Na+].[Na+].[Na+]. The van der Waals surface area contributed by atoms with Gasteiger partial charge in [0.25, 0.3) is 0 Å². The first-order valence-electron chi connectivity index (χ1n) is 19.0. The minimum absolute atomic E-state index is 0. The molecule has 0 saturated carbocycles. The maximum Gasteiger partial charge on any atom is 1.00 e. The molecule has 20 atom stereocenters. The molecular weight excluding hydrogens is 1200 g/mol. The fraction of sp³-hybridized carbons (Fsp3) is 0.862. The molecule has 0 aromatic heterocycles. The molecule has 406 valence electrons. The molecule has 0 spiro atoms. The maximum atomic E-state index is 12.7. The summed E-state index contributed by atoms with van der Waals surface area (Å²) in [5, 5.41) is 83.7. The van der Waals surface area contributed by atoms with Crippen LogP contribution in [0.25, 0.3) is 0 Å². The molecule has 4 heterocycles. The van der Waals surface area contributed by atoms with Gasteiger partial charge in [-0.2, -0.15) is 0 Å². The second-order valence-corrected chi connectivity index (χ2v) is 19.0. The Bertz CT molecular complexity index is 2350. The van der Waals surface area contributed by atoms with Crippen LogP contribution in [0.1, 0.15) is 13.8 Å². The molecule has 76 heavy (non-hydrogen) atoms. The summed E-state index contributed by atoms with van der Waals surface area (Å²) in [4.78, 5) is 49.3. The van der Waals surface area contributed by atoms with Gasteiger partial charge in [0.15, 0.2) is 37.4 Å². The molecule has 4 saturated heterocycles. The Morgan fingerprint density at radius 3 is 1.14 bits per heavy atom. The number of ether oxygens (including phenoxy) is 8. The number of nitrogens with one attached hydrogen (secondary N) is 2. The molecule has 37 nitrogen and oxygen atoms in total. The summed E-state index contributed by atoms with van der Waals surface area (Å²) in [6.45, 7) is -1.40. The number of rotatable bonds is 21. The number of methoxy groups -OCH3 is 1. The van der Waals surface area contributed by atoms with Crippen LogP contribution < -0.4 is 198 Å². The van der Waals surface area contributed by atoms with Gasteiger partial charge in [0, 0.05) is 21.0 Å². The second-order valence-electron chi connectivity index (χ2n) is 14.8. The third-order valence-electron chi connectivity index (χ3n) is 9.94. The number of carboxylic acids is 2. The number of carboxylic acid groups (broad SMARTS) is 2. The summed E-state index contributed by atoms with van der Waals surface area (Å²) in [6.07, 6.45) is -47.2. The van der Waals surface area contributed by atoms with Crippen LogP contribution in [-0.4, -0.2) is 244 Å². The molecular formula is C29H40N2Na6O35S4. The van der Waals surface area contributed by atoms with E-state index < -0.39 is 201 Å². The minimum Gasteiger partial charge on any atom is -0.726 e. The summed E-state index contributed by atoms with van der Waals surface area (Å²) in [5.41, 5.74) is 0. The number of hydrogen-bond donors (Lipinski definition) is 7. The first-order chi connectivity index (χ1) is 32.0. The number of aliphatic carboxylic acids is 2. The van der Waals surface area contributed by atoms with Crippen molar-refractivity contribution in [1.82, 2.24) is 10.6 Å². The van der Waals surface area contributed by atoms with Crippen molar-refractivity contribution < 1.29 is 339 Å². The van der Waals surface area contributed by atoms with Gasteiger partial charge in [-0.1, -0.05) is 0 Å². The zero-order chi connectivity index (χ0) is 53.2. The Morgan fingerprint density at radius 1 is 0.461 bits per heavy atom. The van der Waals surface area contributed by atoms with Gasteiger partial charge < -0.3 is 112 Å². The molecule has 47 heteroatoms. The molecule has 4 fully saturated rings. The first kappa shape index (κ1) is 83.1. The van der Waals surface area contributed by atoms with E-state index >= 15 is 0 Å². The van der Waals surface area contributed by atoms with Gasteiger partial charge in [0.1, 0.15) is 85.3 Å². The van der Waals surface area contributed by atoms with Gasteiger partial charge in [-0.3, -0.25) is 26.3 Å². The van der Waals surface area contributed by atoms with E-state index in [1.807, 2.05) is 5.32 Å². The number of aliphatic hydroxyl groups is 5. The molecule has 0 unspecified atom stereocenters. The van der Waals surface area contributed by atoms with Crippen molar-refractivity contribution in [2.75, 3.05) is 20.3 Å². The zero-order valence-corrected chi connectivity index (χ0v) is 56.3. The molecule has 4 rings (SSSR count). The second kappa shape index (κ2) is 34.8. The van der Waals surface area contributed by atoms with Crippen LogP contribution in [0.15, 0.2) is 0 Å². The van der Waals surface area contributed by atoms with Gasteiger partial charge in [-0.25, -0.2) is 33.7 Å². The Morgan fingerprint density at radius 2 is 0.803 bits per heavy atom. The van der Waals surface area contributed by atoms with E-state index in [0.29, 0.717) is 6.92 Å². The topological polar surface area (TPSA) is 579 Å². The monoisotopic (exact) mass is 1240 g/mol. The molecule has 0 radical (unpaired) electrons. The van der Waals surface area contributed by atoms with Crippen LogP contribution >= 0.6 is 0 Å². The van der Waals surface area contributed by atoms with E-state index in [4.69, 9.17) is 37.9 Å². The molecule has 0 aliphatic carbocycles. The minimum atomic E-state index is -6.16. The molecule has 0 bridgehead atoms. The Kier molecular flexibility index (Phi) is 38.1. The van der Waals surface area contributed by atoms with Crippen molar-refractivity contribution in [3.05, 3.63) is 0 Å².